The first-order valence-electron chi connectivity index (χ1n) is 9.27. The first kappa shape index (κ1) is 17.9. The summed E-state index contributed by atoms with van der Waals surface area (Å²) in [7, 11) is 0. The topological polar surface area (TPSA) is 51.7 Å². The van der Waals surface area contributed by atoms with Crippen LogP contribution in [0.1, 0.15) is 27.0 Å². The number of pyridine rings is 1. The van der Waals surface area contributed by atoms with Gasteiger partial charge in [-0.05, 0) is 53.6 Å². The zero-order valence-electron chi connectivity index (χ0n) is 15.5. The van der Waals surface area contributed by atoms with Gasteiger partial charge in [-0.1, -0.05) is 23.7 Å². The Morgan fingerprint density at radius 1 is 1.14 bits per heavy atom. The lowest BCUT2D eigenvalue weighted by Gasteiger charge is -2.29. The average molecular weight is 405 g/mol. The van der Waals surface area contributed by atoms with E-state index in [1.807, 2.05) is 30.3 Å². The lowest BCUT2D eigenvalue weighted by Crippen LogP contribution is -2.31. The summed E-state index contributed by atoms with van der Waals surface area (Å²) in [6.07, 6.45) is 5.28. The second kappa shape index (κ2) is 7.35. The number of benzene rings is 2. The van der Waals surface area contributed by atoms with Gasteiger partial charge in [-0.15, -0.1) is 0 Å². The van der Waals surface area contributed by atoms with Gasteiger partial charge in [0, 0.05) is 30.5 Å². The van der Waals surface area contributed by atoms with Crippen LogP contribution < -0.4 is 9.47 Å². The van der Waals surface area contributed by atoms with Gasteiger partial charge in [0.25, 0.3) is 0 Å². The van der Waals surface area contributed by atoms with Crippen molar-refractivity contribution in [2.75, 3.05) is 6.73 Å². The van der Waals surface area contributed by atoms with Gasteiger partial charge in [-0.2, -0.15) is 0 Å². The normalized spacial score (nSPS) is 16.9. The number of nitrogens with zero attached hydrogens (tertiary/aromatic N) is 2. The molecule has 0 N–H and O–H groups in total. The van der Waals surface area contributed by atoms with Gasteiger partial charge in [-0.25, -0.2) is 0 Å². The zero-order chi connectivity index (χ0) is 19.8. The molecule has 0 saturated heterocycles. The lowest BCUT2D eigenvalue weighted by atomic mass is 10.0. The Morgan fingerprint density at radius 2 is 2.00 bits per heavy atom. The molecule has 2 aliphatic heterocycles. The maximum absolute atomic E-state index is 12.9. The summed E-state index contributed by atoms with van der Waals surface area (Å²) >= 11 is 6.05. The molecule has 29 heavy (non-hydrogen) atoms. The molecule has 144 valence electrons. The molecular weight excluding hydrogens is 388 g/mol. The molecular formula is C23H17ClN2O3. The molecule has 1 aromatic heterocycles. The summed E-state index contributed by atoms with van der Waals surface area (Å²) in [5.74, 6) is 1.50. The molecule has 6 heteroatoms. The quantitative estimate of drug-likeness (QED) is 0.592. The van der Waals surface area contributed by atoms with Gasteiger partial charge < -0.3 is 9.47 Å². The Bertz CT molecular complexity index is 1130. The van der Waals surface area contributed by atoms with Crippen molar-refractivity contribution in [3.05, 3.63) is 94.0 Å². The minimum Gasteiger partial charge on any atom is -0.478 e. The average Bonchev–Trinajstić information content (AvgIpc) is 3.05. The highest BCUT2D eigenvalue weighted by Crippen LogP contribution is 2.42. The number of carbonyl (C=O) groups excluding carboxylic acids is 1. The zero-order valence-corrected chi connectivity index (χ0v) is 16.2. The van der Waals surface area contributed by atoms with Crippen molar-refractivity contribution in [2.45, 2.75) is 13.1 Å². The lowest BCUT2D eigenvalue weighted by molar-refractivity contribution is 0.0872. The highest BCUT2D eigenvalue weighted by Gasteiger charge is 2.33. The molecule has 5 nitrogen and oxygen atoms in total. The van der Waals surface area contributed by atoms with Crippen molar-refractivity contribution in [2.24, 2.45) is 0 Å². The number of halogens is 1. The number of allylic oxidation sites excluding steroid dienone is 1. The first-order valence-corrected chi connectivity index (χ1v) is 9.65. The molecule has 0 spiro atoms. The summed E-state index contributed by atoms with van der Waals surface area (Å²) in [6.45, 7) is 1.84. The van der Waals surface area contributed by atoms with E-state index < -0.39 is 0 Å². The fourth-order valence-corrected chi connectivity index (χ4v) is 3.80. The maximum atomic E-state index is 12.9. The number of Topliss-reactive ketones (excluding diaryl/α,β-unsaturated/α-hetero) is 1. The molecule has 3 heterocycles. The molecule has 0 atom stereocenters. The standard InChI is InChI=1S/C23H17ClN2O3/c24-17-3-1-2-16(10-17)11-21-22(27)18-4-5-20-19(23(18)29-21)13-26(14-28-20)12-15-6-8-25-9-7-15/h1-11H,12-14H2. The van der Waals surface area contributed by atoms with Crippen LogP contribution in [0.2, 0.25) is 5.02 Å². The molecule has 0 radical (unpaired) electrons. The number of carbonyl (C=O) groups is 1. The van der Waals surface area contributed by atoms with E-state index in [0.29, 0.717) is 35.4 Å². The van der Waals surface area contributed by atoms with Crippen molar-refractivity contribution < 1.29 is 14.3 Å². The van der Waals surface area contributed by atoms with Gasteiger partial charge >= 0.3 is 0 Å². The van der Waals surface area contributed by atoms with Crippen molar-refractivity contribution >= 4 is 23.5 Å². The van der Waals surface area contributed by atoms with E-state index in [1.165, 1.54) is 0 Å². The Balaban J connectivity index is 1.44. The van der Waals surface area contributed by atoms with Crippen LogP contribution in [0.5, 0.6) is 11.5 Å². The van der Waals surface area contributed by atoms with E-state index in [9.17, 15) is 4.79 Å². The van der Waals surface area contributed by atoms with Crippen LogP contribution in [0.25, 0.3) is 6.08 Å². The number of hydrogen-bond acceptors (Lipinski definition) is 5. The van der Waals surface area contributed by atoms with Crippen LogP contribution >= 0.6 is 11.6 Å². The minimum absolute atomic E-state index is 0.131. The Morgan fingerprint density at radius 3 is 2.83 bits per heavy atom. The number of ketones is 1. The van der Waals surface area contributed by atoms with Gasteiger partial charge in [-0.3, -0.25) is 14.7 Å². The van der Waals surface area contributed by atoms with Gasteiger partial charge in [0.15, 0.2) is 5.76 Å². The molecule has 5 rings (SSSR count). The fourth-order valence-electron chi connectivity index (χ4n) is 3.60. The van der Waals surface area contributed by atoms with Crippen molar-refractivity contribution in [1.82, 2.24) is 9.88 Å². The molecule has 0 aliphatic carbocycles. The molecule has 0 amide bonds. The van der Waals surface area contributed by atoms with Crippen LogP contribution in [0.4, 0.5) is 0 Å². The smallest absolute Gasteiger partial charge is 0.231 e. The third-order valence-electron chi connectivity index (χ3n) is 4.98. The highest BCUT2D eigenvalue weighted by molar-refractivity contribution is 6.30. The van der Waals surface area contributed by atoms with Crippen LogP contribution in [0.15, 0.2) is 66.7 Å². The molecule has 0 bridgehead atoms. The monoisotopic (exact) mass is 404 g/mol. The number of hydrogen-bond donors (Lipinski definition) is 0. The summed E-state index contributed by atoms with van der Waals surface area (Å²) in [5.41, 5.74) is 3.42. The van der Waals surface area contributed by atoms with Crippen molar-refractivity contribution in [3.63, 3.8) is 0 Å². The third kappa shape index (κ3) is 3.50. The summed E-state index contributed by atoms with van der Waals surface area (Å²) in [6, 6.07) is 14.9. The maximum Gasteiger partial charge on any atom is 0.231 e. The second-order valence-corrected chi connectivity index (χ2v) is 7.47. The molecule has 0 unspecified atom stereocenters. The number of aromatic nitrogens is 1. The SMILES string of the molecule is O=C1C(=Cc2cccc(Cl)c2)Oc2c1ccc1c2CN(Cc2ccncc2)CO1. The number of fused-ring (bicyclic) bond motifs is 3. The minimum atomic E-state index is -0.131. The van der Waals surface area contributed by atoms with E-state index in [0.717, 1.165) is 29.0 Å². The molecule has 2 aliphatic rings. The molecule has 0 saturated carbocycles. The highest BCUT2D eigenvalue weighted by atomic mass is 35.5. The van der Waals surface area contributed by atoms with E-state index in [2.05, 4.69) is 9.88 Å². The number of rotatable bonds is 3. The van der Waals surface area contributed by atoms with Crippen molar-refractivity contribution in [1.29, 1.82) is 0 Å². The second-order valence-electron chi connectivity index (χ2n) is 7.03. The Hall–Kier alpha value is -3.15. The van der Waals surface area contributed by atoms with Crippen LogP contribution in [0, 0.1) is 0 Å². The number of ether oxygens (including phenoxy) is 2. The van der Waals surface area contributed by atoms with Gasteiger partial charge in [0.05, 0.1) is 11.1 Å². The molecule has 3 aromatic rings. The predicted octanol–water partition coefficient (Wildman–Crippen LogP) is 4.70. The van der Waals surface area contributed by atoms with Crippen LogP contribution in [-0.4, -0.2) is 22.4 Å². The summed E-state index contributed by atoms with van der Waals surface area (Å²) in [4.78, 5) is 19.1. The Kier molecular flexibility index (Phi) is 4.54. The summed E-state index contributed by atoms with van der Waals surface area (Å²) in [5, 5.41) is 0.611. The largest absolute Gasteiger partial charge is 0.478 e. The summed E-state index contributed by atoms with van der Waals surface area (Å²) < 4.78 is 11.9. The van der Waals surface area contributed by atoms with Gasteiger partial charge in [0.2, 0.25) is 5.78 Å². The van der Waals surface area contributed by atoms with E-state index >= 15 is 0 Å². The van der Waals surface area contributed by atoms with Crippen molar-refractivity contribution in [3.8, 4) is 11.5 Å². The Labute approximate surface area is 173 Å². The first-order chi connectivity index (χ1) is 14.2. The predicted molar refractivity (Wildman–Crippen MR) is 110 cm³/mol. The van der Waals surface area contributed by atoms with Crippen LogP contribution in [0.3, 0.4) is 0 Å². The van der Waals surface area contributed by atoms with Gasteiger partial charge in [0.1, 0.15) is 18.2 Å². The molecule has 2 aromatic carbocycles. The third-order valence-corrected chi connectivity index (χ3v) is 5.22. The van der Waals surface area contributed by atoms with Crippen LogP contribution in [-0.2, 0) is 13.1 Å². The van der Waals surface area contributed by atoms with E-state index in [1.54, 1.807) is 36.7 Å². The van der Waals surface area contributed by atoms with E-state index in [4.69, 9.17) is 21.1 Å². The fraction of sp³-hybridized carbons (Fsp3) is 0.130. The molecule has 0 fully saturated rings. The van der Waals surface area contributed by atoms with E-state index in [-0.39, 0.29) is 5.78 Å².